The molecule has 2 bridgehead atoms. The van der Waals surface area contributed by atoms with Crippen molar-refractivity contribution in [2.75, 3.05) is 13.6 Å². The van der Waals surface area contributed by atoms with Gasteiger partial charge in [-0.15, -0.1) is 0 Å². The Bertz CT molecular complexity index is 756. The van der Waals surface area contributed by atoms with Crippen LogP contribution in [0.1, 0.15) is 43.8 Å². The van der Waals surface area contributed by atoms with Crippen LogP contribution in [-0.2, 0) is 4.74 Å². The van der Waals surface area contributed by atoms with E-state index in [9.17, 15) is 8.78 Å². The van der Waals surface area contributed by atoms with Crippen molar-refractivity contribution in [2.24, 2.45) is 0 Å². The molecule has 0 saturated carbocycles. The molecular weight excluding hydrogens is 356 g/mol. The van der Waals surface area contributed by atoms with Gasteiger partial charge in [-0.2, -0.15) is 0 Å². The molecule has 150 valence electrons. The molecule has 0 amide bonds. The highest BCUT2D eigenvalue weighted by atomic mass is 19.3. The standard InChI is InChI=1S/C24H30F2NO/c1-3-15-27(2)20-9-10-21(27)17-22(16-20)28-23(18-7-5-4-6-8-18)19-11-13-24(25,26)14-12-19/h3-8,11-13,20-23H,1,9-10,14-17H2,2H3/q+1. The van der Waals surface area contributed by atoms with Crippen LogP contribution >= 0.6 is 0 Å². The van der Waals surface area contributed by atoms with Gasteiger partial charge in [-0.1, -0.05) is 49.1 Å². The number of likely N-dealkylation sites (N-methyl/N-ethyl adjacent to an activating group) is 1. The second-order valence-electron chi connectivity index (χ2n) is 8.73. The Labute approximate surface area is 166 Å². The van der Waals surface area contributed by atoms with Gasteiger partial charge in [0.2, 0.25) is 0 Å². The molecular formula is C24H30F2NO+. The van der Waals surface area contributed by atoms with E-state index in [1.807, 2.05) is 36.4 Å². The van der Waals surface area contributed by atoms with Gasteiger partial charge in [0.25, 0.3) is 5.92 Å². The van der Waals surface area contributed by atoms with Crippen molar-refractivity contribution in [3.05, 3.63) is 72.4 Å². The highest BCUT2D eigenvalue weighted by molar-refractivity contribution is 5.36. The molecule has 2 fully saturated rings. The third-order valence-electron chi connectivity index (χ3n) is 6.96. The third-order valence-corrected chi connectivity index (χ3v) is 6.96. The van der Waals surface area contributed by atoms with Crippen molar-refractivity contribution >= 4 is 0 Å². The minimum atomic E-state index is -2.75. The number of fused-ring (bicyclic) bond motifs is 2. The molecule has 3 atom stereocenters. The molecule has 0 radical (unpaired) electrons. The lowest BCUT2D eigenvalue weighted by molar-refractivity contribution is -0.944. The number of allylic oxidation sites excluding steroid dienone is 2. The predicted molar refractivity (Wildman–Crippen MR) is 108 cm³/mol. The normalized spacial score (nSPS) is 34.7. The maximum absolute atomic E-state index is 13.6. The number of halogens is 2. The van der Waals surface area contributed by atoms with Crippen molar-refractivity contribution < 1.29 is 18.0 Å². The molecule has 3 unspecified atom stereocenters. The SMILES string of the molecule is C=CC[N+]1(C)C2CCC1CC(OC(C1=CCC(F)(F)C=C1)c1ccccc1)C2. The van der Waals surface area contributed by atoms with Gasteiger partial charge in [-0.3, -0.25) is 0 Å². The Kier molecular flexibility index (Phi) is 5.28. The molecule has 2 heterocycles. The predicted octanol–water partition coefficient (Wildman–Crippen LogP) is 5.59. The van der Waals surface area contributed by atoms with Gasteiger partial charge in [0.05, 0.1) is 31.8 Å². The summed E-state index contributed by atoms with van der Waals surface area (Å²) in [6.07, 6.45) is 10.4. The number of hydrogen-bond acceptors (Lipinski definition) is 1. The van der Waals surface area contributed by atoms with Crippen molar-refractivity contribution in [2.45, 2.75) is 62.3 Å². The average Bonchev–Trinajstić information content (AvgIpc) is 2.85. The topological polar surface area (TPSA) is 9.23 Å². The van der Waals surface area contributed by atoms with E-state index in [0.29, 0.717) is 12.1 Å². The number of alkyl halides is 2. The summed E-state index contributed by atoms with van der Waals surface area (Å²) in [7, 11) is 2.35. The van der Waals surface area contributed by atoms with E-state index in [4.69, 9.17) is 4.74 Å². The fourth-order valence-corrected chi connectivity index (χ4v) is 5.35. The highest BCUT2D eigenvalue weighted by Gasteiger charge is 2.51. The smallest absolute Gasteiger partial charge is 0.270 e. The van der Waals surface area contributed by atoms with E-state index in [1.54, 1.807) is 12.2 Å². The molecule has 0 N–H and O–H groups in total. The Hall–Kier alpha value is -1.78. The number of nitrogens with zero attached hydrogens (tertiary/aromatic N) is 1. The molecule has 28 heavy (non-hydrogen) atoms. The Morgan fingerprint density at radius 2 is 1.89 bits per heavy atom. The number of benzene rings is 1. The molecule has 2 saturated heterocycles. The largest absolute Gasteiger partial charge is 0.365 e. The summed E-state index contributed by atoms with van der Waals surface area (Å²) in [6, 6.07) is 11.2. The molecule has 4 rings (SSSR count). The van der Waals surface area contributed by atoms with Crippen LogP contribution in [0.25, 0.3) is 0 Å². The second-order valence-corrected chi connectivity index (χ2v) is 8.73. The van der Waals surface area contributed by atoms with E-state index < -0.39 is 5.92 Å². The number of quaternary nitrogens is 1. The van der Waals surface area contributed by atoms with Crippen LogP contribution in [-0.4, -0.2) is 42.2 Å². The van der Waals surface area contributed by atoms with E-state index >= 15 is 0 Å². The minimum absolute atomic E-state index is 0.162. The van der Waals surface area contributed by atoms with Crippen LogP contribution in [0.5, 0.6) is 0 Å². The number of ether oxygens (including phenoxy) is 1. The van der Waals surface area contributed by atoms with Gasteiger partial charge in [0, 0.05) is 32.1 Å². The first kappa shape index (κ1) is 19.5. The summed E-state index contributed by atoms with van der Waals surface area (Å²) in [5, 5.41) is 0. The Morgan fingerprint density at radius 3 is 2.46 bits per heavy atom. The van der Waals surface area contributed by atoms with Gasteiger partial charge in [0.15, 0.2) is 0 Å². The van der Waals surface area contributed by atoms with Crippen LogP contribution < -0.4 is 0 Å². The number of hydrogen-bond donors (Lipinski definition) is 0. The molecule has 0 aromatic heterocycles. The lowest BCUT2D eigenvalue weighted by atomic mass is 9.93. The van der Waals surface area contributed by atoms with E-state index in [2.05, 4.69) is 13.6 Å². The maximum Gasteiger partial charge on any atom is 0.270 e. The summed E-state index contributed by atoms with van der Waals surface area (Å²) in [6.45, 7) is 4.96. The van der Waals surface area contributed by atoms with E-state index in [0.717, 1.165) is 41.1 Å². The van der Waals surface area contributed by atoms with Crippen molar-refractivity contribution in [3.8, 4) is 0 Å². The van der Waals surface area contributed by atoms with Crippen molar-refractivity contribution in [1.29, 1.82) is 0 Å². The zero-order valence-electron chi connectivity index (χ0n) is 16.6. The summed E-state index contributed by atoms with van der Waals surface area (Å²) in [5.41, 5.74) is 1.88. The van der Waals surface area contributed by atoms with Gasteiger partial charge in [-0.05, 0) is 23.3 Å². The second kappa shape index (κ2) is 7.57. The van der Waals surface area contributed by atoms with Gasteiger partial charge >= 0.3 is 0 Å². The van der Waals surface area contributed by atoms with Gasteiger partial charge < -0.3 is 9.22 Å². The molecule has 1 aromatic carbocycles. The average molecular weight is 387 g/mol. The third kappa shape index (κ3) is 3.72. The zero-order valence-corrected chi connectivity index (χ0v) is 16.6. The molecule has 4 heteroatoms. The van der Waals surface area contributed by atoms with Crippen molar-refractivity contribution in [3.63, 3.8) is 0 Å². The van der Waals surface area contributed by atoms with Crippen LogP contribution in [0.15, 0.2) is 66.8 Å². The number of piperidine rings is 1. The summed E-state index contributed by atoms with van der Waals surface area (Å²) in [4.78, 5) is 0. The van der Waals surface area contributed by atoms with Crippen LogP contribution in [0.3, 0.4) is 0 Å². The highest BCUT2D eigenvalue weighted by Crippen LogP contribution is 2.44. The number of rotatable bonds is 6. The fraction of sp³-hybridized carbons (Fsp3) is 0.500. The van der Waals surface area contributed by atoms with Crippen LogP contribution in [0, 0.1) is 0 Å². The maximum atomic E-state index is 13.6. The van der Waals surface area contributed by atoms with Gasteiger partial charge in [0.1, 0.15) is 6.10 Å². The summed E-state index contributed by atoms with van der Waals surface area (Å²) < 4.78 is 34.9. The lowest BCUT2D eigenvalue weighted by Crippen LogP contribution is -2.58. The minimum Gasteiger partial charge on any atom is -0.365 e. The molecule has 3 aliphatic rings. The first-order valence-electron chi connectivity index (χ1n) is 10.3. The first-order chi connectivity index (χ1) is 13.4. The zero-order chi connectivity index (χ0) is 19.8. The quantitative estimate of drug-likeness (QED) is 0.457. The molecule has 2 nitrogen and oxygen atoms in total. The molecule has 0 spiro atoms. The first-order valence-corrected chi connectivity index (χ1v) is 10.3. The summed E-state index contributed by atoms with van der Waals surface area (Å²) in [5.74, 6) is -2.75. The molecule has 1 aliphatic carbocycles. The van der Waals surface area contributed by atoms with Crippen LogP contribution in [0.4, 0.5) is 8.78 Å². The Balaban J connectivity index is 1.54. The fourth-order valence-electron chi connectivity index (χ4n) is 5.35. The van der Waals surface area contributed by atoms with Gasteiger partial charge in [-0.25, -0.2) is 8.78 Å². The lowest BCUT2D eigenvalue weighted by Gasteiger charge is -2.47. The van der Waals surface area contributed by atoms with Crippen molar-refractivity contribution in [1.82, 2.24) is 0 Å². The molecule has 2 aliphatic heterocycles. The van der Waals surface area contributed by atoms with E-state index in [-0.39, 0.29) is 18.6 Å². The van der Waals surface area contributed by atoms with Crippen LogP contribution in [0.2, 0.25) is 0 Å². The Morgan fingerprint density at radius 1 is 1.21 bits per heavy atom. The summed E-state index contributed by atoms with van der Waals surface area (Å²) >= 11 is 0. The molecule has 1 aromatic rings. The van der Waals surface area contributed by atoms with E-state index in [1.165, 1.54) is 12.8 Å². The monoisotopic (exact) mass is 386 g/mol.